The average Bonchev–Trinajstić information content (AvgIpc) is 2.09. The van der Waals surface area contributed by atoms with Gasteiger partial charge in [-0.15, -0.1) is 0 Å². The third kappa shape index (κ3) is 0.446. The van der Waals surface area contributed by atoms with Gasteiger partial charge in [0.1, 0.15) is 0 Å². The molecule has 8 heavy (non-hydrogen) atoms. The summed E-state index contributed by atoms with van der Waals surface area (Å²) < 4.78 is 0. The zero-order valence-corrected chi connectivity index (χ0v) is 4.93. The van der Waals surface area contributed by atoms with E-state index in [1.807, 2.05) is 0 Å². The van der Waals surface area contributed by atoms with Crippen LogP contribution in [0.4, 0.5) is 0 Å². The van der Waals surface area contributed by atoms with Gasteiger partial charge in [-0.2, -0.15) is 0 Å². The molecule has 1 saturated heterocycles. The van der Waals surface area contributed by atoms with Gasteiger partial charge in [-0.3, -0.25) is 0 Å². The van der Waals surface area contributed by atoms with Crippen LogP contribution in [-0.2, 0) is 0 Å². The van der Waals surface area contributed by atoms with Crippen LogP contribution in [0.2, 0.25) is 0 Å². The summed E-state index contributed by atoms with van der Waals surface area (Å²) in [6.45, 7) is 1.20. The van der Waals surface area contributed by atoms with Crippen molar-refractivity contribution in [2.24, 2.45) is 11.7 Å². The van der Waals surface area contributed by atoms with Gasteiger partial charge in [0.05, 0.1) is 0 Å². The lowest BCUT2D eigenvalue weighted by Crippen LogP contribution is -2.52. The molecule has 0 aromatic rings. The molecule has 1 aliphatic carbocycles. The zero-order valence-electron chi connectivity index (χ0n) is 4.93. The molecule has 1 aliphatic heterocycles. The van der Waals surface area contributed by atoms with Crippen LogP contribution in [0.3, 0.4) is 0 Å². The van der Waals surface area contributed by atoms with E-state index >= 15 is 0 Å². The largest absolute Gasteiger partial charge is 0.327 e. The maximum absolute atomic E-state index is 5.72. The number of rotatable bonds is 0. The van der Waals surface area contributed by atoms with Crippen LogP contribution >= 0.6 is 0 Å². The summed E-state index contributed by atoms with van der Waals surface area (Å²) >= 11 is 0. The lowest BCUT2D eigenvalue weighted by atomic mass is 9.76. The van der Waals surface area contributed by atoms with Crippen molar-refractivity contribution >= 4 is 0 Å². The Morgan fingerprint density at radius 1 is 1.50 bits per heavy atom. The summed E-state index contributed by atoms with van der Waals surface area (Å²) in [4.78, 5) is 0. The minimum absolute atomic E-state index is 0.523. The van der Waals surface area contributed by atoms with Gasteiger partial charge in [0, 0.05) is 12.1 Å². The van der Waals surface area contributed by atoms with E-state index in [-0.39, 0.29) is 0 Å². The molecule has 3 atom stereocenters. The lowest BCUT2D eigenvalue weighted by Gasteiger charge is -2.37. The second kappa shape index (κ2) is 1.45. The Morgan fingerprint density at radius 3 is 2.88 bits per heavy atom. The standard InChI is InChI=1S/C6H12N2/c7-5-3-6-4(5)1-2-8-6/h4-6,8H,1-3,7H2/t4-,5-,6+/m1/s1. The zero-order chi connectivity index (χ0) is 5.56. The summed E-state index contributed by atoms with van der Waals surface area (Å²) in [5.41, 5.74) is 5.72. The van der Waals surface area contributed by atoms with E-state index < -0.39 is 0 Å². The summed E-state index contributed by atoms with van der Waals surface area (Å²) in [5, 5.41) is 3.41. The minimum atomic E-state index is 0.523. The Labute approximate surface area is 49.4 Å². The predicted octanol–water partition coefficient (Wildman–Crippen LogP) is -0.305. The number of hydrogen-bond donors (Lipinski definition) is 2. The van der Waals surface area contributed by atoms with E-state index in [1.54, 1.807) is 0 Å². The molecule has 2 aliphatic rings. The van der Waals surface area contributed by atoms with Crippen molar-refractivity contribution in [3.05, 3.63) is 0 Å². The van der Waals surface area contributed by atoms with Crippen molar-refractivity contribution in [2.45, 2.75) is 24.9 Å². The molecule has 0 bridgehead atoms. The molecule has 3 N–H and O–H groups in total. The van der Waals surface area contributed by atoms with Crippen LogP contribution in [0, 0.1) is 5.92 Å². The summed E-state index contributed by atoms with van der Waals surface area (Å²) in [6, 6.07) is 1.32. The molecule has 0 amide bonds. The van der Waals surface area contributed by atoms with E-state index in [4.69, 9.17) is 5.73 Å². The maximum Gasteiger partial charge on any atom is 0.0125 e. The minimum Gasteiger partial charge on any atom is -0.327 e. The van der Waals surface area contributed by atoms with E-state index in [9.17, 15) is 0 Å². The van der Waals surface area contributed by atoms with Crippen molar-refractivity contribution in [1.82, 2.24) is 5.32 Å². The molecule has 46 valence electrons. The summed E-state index contributed by atoms with van der Waals surface area (Å²) in [5.74, 6) is 0.829. The SMILES string of the molecule is N[C@@H]1C[C@@H]2NCC[C@H]12. The van der Waals surface area contributed by atoms with E-state index in [0.717, 1.165) is 12.0 Å². The monoisotopic (exact) mass is 112 g/mol. The van der Waals surface area contributed by atoms with Crippen molar-refractivity contribution < 1.29 is 0 Å². The van der Waals surface area contributed by atoms with Crippen molar-refractivity contribution in [3.63, 3.8) is 0 Å². The van der Waals surface area contributed by atoms with Crippen LogP contribution in [0.1, 0.15) is 12.8 Å². The second-order valence-electron chi connectivity index (χ2n) is 2.91. The van der Waals surface area contributed by atoms with Crippen molar-refractivity contribution in [1.29, 1.82) is 0 Å². The Bertz CT molecular complexity index is 103. The molecule has 0 unspecified atom stereocenters. The predicted molar refractivity (Wildman–Crippen MR) is 32.5 cm³/mol. The highest BCUT2D eigenvalue weighted by atomic mass is 15.0. The van der Waals surface area contributed by atoms with Crippen molar-refractivity contribution in [3.8, 4) is 0 Å². The Hall–Kier alpha value is -0.0800. The average molecular weight is 112 g/mol. The molecule has 2 rings (SSSR count). The molecule has 2 nitrogen and oxygen atoms in total. The normalized spacial score (nSPS) is 52.9. The molecule has 2 heteroatoms. The van der Waals surface area contributed by atoms with E-state index in [1.165, 1.54) is 19.4 Å². The number of fused-ring (bicyclic) bond motifs is 1. The van der Waals surface area contributed by atoms with Gasteiger partial charge in [-0.25, -0.2) is 0 Å². The molecular formula is C6H12N2. The Morgan fingerprint density at radius 2 is 2.38 bits per heavy atom. The molecule has 0 aromatic heterocycles. The topological polar surface area (TPSA) is 38.0 Å². The quantitative estimate of drug-likeness (QED) is 0.451. The molecule has 0 spiro atoms. The molecule has 0 aromatic carbocycles. The van der Waals surface area contributed by atoms with E-state index in [0.29, 0.717) is 6.04 Å². The fourth-order valence-corrected chi connectivity index (χ4v) is 1.83. The molecule has 1 heterocycles. The first-order chi connectivity index (χ1) is 3.88. The van der Waals surface area contributed by atoms with Crippen LogP contribution in [0.15, 0.2) is 0 Å². The van der Waals surface area contributed by atoms with Crippen LogP contribution < -0.4 is 11.1 Å². The van der Waals surface area contributed by atoms with Crippen LogP contribution in [0.25, 0.3) is 0 Å². The summed E-state index contributed by atoms with van der Waals surface area (Å²) in [7, 11) is 0. The van der Waals surface area contributed by atoms with Gasteiger partial charge in [-0.1, -0.05) is 0 Å². The molecular weight excluding hydrogens is 100 g/mol. The Kier molecular flexibility index (Phi) is 0.866. The van der Waals surface area contributed by atoms with Gasteiger partial charge >= 0.3 is 0 Å². The highest BCUT2D eigenvalue weighted by Crippen LogP contribution is 2.32. The number of nitrogens with two attached hydrogens (primary N) is 1. The smallest absolute Gasteiger partial charge is 0.0125 e. The lowest BCUT2D eigenvalue weighted by molar-refractivity contribution is 0.224. The third-order valence-corrected chi connectivity index (χ3v) is 2.48. The third-order valence-electron chi connectivity index (χ3n) is 2.48. The van der Waals surface area contributed by atoms with Gasteiger partial charge in [-0.05, 0) is 25.3 Å². The van der Waals surface area contributed by atoms with Gasteiger partial charge in [0.15, 0.2) is 0 Å². The first-order valence-corrected chi connectivity index (χ1v) is 3.37. The van der Waals surface area contributed by atoms with E-state index in [2.05, 4.69) is 5.32 Å². The fourth-order valence-electron chi connectivity index (χ4n) is 1.83. The molecule has 0 radical (unpaired) electrons. The Balaban J connectivity index is 2.02. The number of nitrogens with one attached hydrogen (secondary N) is 1. The first kappa shape index (κ1) is 4.77. The van der Waals surface area contributed by atoms with Crippen LogP contribution in [-0.4, -0.2) is 18.6 Å². The molecule has 2 fully saturated rings. The molecule has 1 saturated carbocycles. The second-order valence-corrected chi connectivity index (χ2v) is 2.91. The van der Waals surface area contributed by atoms with Crippen molar-refractivity contribution in [2.75, 3.05) is 6.54 Å². The maximum atomic E-state index is 5.72. The van der Waals surface area contributed by atoms with Gasteiger partial charge in [0.25, 0.3) is 0 Å². The fraction of sp³-hybridized carbons (Fsp3) is 1.00. The number of hydrogen-bond acceptors (Lipinski definition) is 2. The highest BCUT2D eigenvalue weighted by Gasteiger charge is 2.41. The van der Waals surface area contributed by atoms with Gasteiger partial charge < -0.3 is 11.1 Å². The summed E-state index contributed by atoms with van der Waals surface area (Å²) in [6.07, 6.45) is 2.52. The first-order valence-electron chi connectivity index (χ1n) is 3.37. The highest BCUT2D eigenvalue weighted by molar-refractivity contribution is 5.00. The van der Waals surface area contributed by atoms with Crippen LogP contribution in [0.5, 0.6) is 0 Å². The van der Waals surface area contributed by atoms with Gasteiger partial charge in [0.2, 0.25) is 0 Å².